The summed E-state index contributed by atoms with van der Waals surface area (Å²) in [4.78, 5) is 11.8. The Hall–Kier alpha value is -2.01. The van der Waals surface area contributed by atoms with Gasteiger partial charge in [0, 0.05) is 12.6 Å². The van der Waals surface area contributed by atoms with Gasteiger partial charge in [0.1, 0.15) is 0 Å². The number of ether oxygens (including phenoxy) is 2. The molecule has 1 aliphatic rings. The van der Waals surface area contributed by atoms with Crippen molar-refractivity contribution in [3.8, 4) is 11.5 Å². The first kappa shape index (κ1) is 16.4. The second-order valence-electron chi connectivity index (χ2n) is 5.50. The van der Waals surface area contributed by atoms with E-state index in [1.54, 1.807) is 13.2 Å². The molecule has 0 radical (unpaired) electrons. The third-order valence-corrected chi connectivity index (χ3v) is 3.67. The zero-order valence-electron chi connectivity index (χ0n) is 13.2. The molecular weight excluding hydrogens is 280 g/mol. The second kappa shape index (κ2) is 7.84. The van der Waals surface area contributed by atoms with Gasteiger partial charge in [-0.15, -0.1) is 0 Å². The van der Waals surface area contributed by atoms with Gasteiger partial charge >= 0.3 is 0 Å². The van der Waals surface area contributed by atoms with Crippen LogP contribution in [0.25, 0.3) is 6.08 Å². The van der Waals surface area contributed by atoms with Crippen LogP contribution in [0.5, 0.6) is 11.5 Å². The monoisotopic (exact) mass is 304 g/mol. The van der Waals surface area contributed by atoms with Crippen molar-refractivity contribution < 1.29 is 14.3 Å². The first-order valence-corrected chi connectivity index (χ1v) is 7.60. The molecule has 0 spiro atoms. The molecule has 1 amide bonds. The molecule has 0 heterocycles. The summed E-state index contributed by atoms with van der Waals surface area (Å²) in [6.45, 7) is 2.41. The quantitative estimate of drug-likeness (QED) is 0.770. The third kappa shape index (κ3) is 4.77. The number of hydrogen-bond donors (Lipinski definition) is 2. The van der Waals surface area contributed by atoms with Gasteiger partial charge in [-0.3, -0.25) is 4.79 Å². The van der Waals surface area contributed by atoms with E-state index in [9.17, 15) is 4.79 Å². The van der Waals surface area contributed by atoms with Crippen LogP contribution in [0.4, 0.5) is 0 Å². The molecule has 3 N–H and O–H groups in total. The molecule has 120 valence electrons. The Kier molecular flexibility index (Phi) is 5.83. The topological polar surface area (TPSA) is 73.6 Å². The van der Waals surface area contributed by atoms with Gasteiger partial charge in [0.2, 0.25) is 0 Å². The molecule has 1 saturated carbocycles. The minimum absolute atomic E-state index is 0.0449. The van der Waals surface area contributed by atoms with Crippen LogP contribution in [-0.4, -0.2) is 32.2 Å². The van der Waals surface area contributed by atoms with Crippen molar-refractivity contribution >= 4 is 12.0 Å². The van der Waals surface area contributed by atoms with E-state index < -0.39 is 0 Å². The Morgan fingerprint density at radius 3 is 2.86 bits per heavy atom. The third-order valence-electron chi connectivity index (χ3n) is 3.67. The van der Waals surface area contributed by atoms with Gasteiger partial charge in [-0.1, -0.05) is 18.2 Å². The van der Waals surface area contributed by atoms with E-state index in [0.29, 0.717) is 24.0 Å². The number of rotatable bonds is 8. The van der Waals surface area contributed by atoms with Crippen LogP contribution in [0.1, 0.15) is 25.3 Å². The highest BCUT2D eigenvalue weighted by Gasteiger charge is 2.28. The Bertz CT molecular complexity index is 539. The predicted molar refractivity (Wildman–Crippen MR) is 86.9 cm³/mol. The van der Waals surface area contributed by atoms with Crippen LogP contribution < -0.4 is 20.5 Å². The molecule has 0 bridgehead atoms. The van der Waals surface area contributed by atoms with E-state index in [4.69, 9.17) is 15.2 Å². The minimum atomic E-state index is -0.171. The molecular formula is C17H24N2O3. The molecule has 1 unspecified atom stereocenters. The van der Waals surface area contributed by atoms with E-state index in [1.165, 1.54) is 12.8 Å². The number of nitrogens with one attached hydrogen (secondary N) is 1. The summed E-state index contributed by atoms with van der Waals surface area (Å²) >= 11 is 0. The van der Waals surface area contributed by atoms with E-state index in [0.717, 1.165) is 5.56 Å². The van der Waals surface area contributed by atoms with E-state index in [2.05, 4.69) is 5.32 Å². The first-order valence-electron chi connectivity index (χ1n) is 7.60. The summed E-state index contributed by atoms with van der Waals surface area (Å²) in [5.41, 5.74) is 6.96. The molecule has 1 aliphatic carbocycles. The number of allylic oxidation sites excluding steroid dienone is 1. The number of amides is 1. The van der Waals surface area contributed by atoms with E-state index in [1.807, 2.05) is 31.2 Å². The number of benzene rings is 1. The van der Waals surface area contributed by atoms with Crippen molar-refractivity contribution in [3.63, 3.8) is 0 Å². The maximum Gasteiger partial charge on any atom is 0.257 e. The summed E-state index contributed by atoms with van der Waals surface area (Å²) in [5, 5.41) is 2.80. The summed E-state index contributed by atoms with van der Waals surface area (Å²) in [7, 11) is 1.58. The lowest BCUT2D eigenvalue weighted by molar-refractivity contribution is -0.123. The van der Waals surface area contributed by atoms with E-state index in [-0.39, 0.29) is 18.6 Å². The zero-order chi connectivity index (χ0) is 15.9. The van der Waals surface area contributed by atoms with Crippen molar-refractivity contribution in [1.82, 2.24) is 5.32 Å². The Morgan fingerprint density at radius 1 is 1.45 bits per heavy atom. The summed E-state index contributed by atoms with van der Waals surface area (Å²) in [6, 6.07) is 5.64. The molecule has 5 nitrogen and oxygen atoms in total. The lowest BCUT2D eigenvalue weighted by Gasteiger charge is -2.13. The highest BCUT2D eigenvalue weighted by Crippen LogP contribution is 2.31. The fourth-order valence-corrected chi connectivity index (χ4v) is 2.22. The van der Waals surface area contributed by atoms with Crippen molar-refractivity contribution in [1.29, 1.82) is 0 Å². The lowest BCUT2D eigenvalue weighted by atomic mass is 10.2. The van der Waals surface area contributed by atoms with Crippen molar-refractivity contribution in [2.75, 3.05) is 20.3 Å². The Labute approximate surface area is 131 Å². The zero-order valence-corrected chi connectivity index (χ0v) is 13.2. The van der Waals surface area contributed by atoms with Crippen molar-refractivity contribution in [3.05, 3.63) is 29.8 Å². The van der Waals surface area contributed by atoms with Gasteiger partial charge in [-0.25, -0.2) is 0 Å². The normalized spacial score (nSPS) is 15.6. The van der Waals surface area contributed by atoms with Gasteiger partial charge in [0.05, 0.1) is 7.11 Å². The highest BCUT2D eigenvalue weighted by molar-refractivity contribution is 5.77. The number of hydrogen-bond acceptors (Lipinski definition) is 4. The minimum Gasteiger partial charge on any atom is -0.493 e. The smallest absolute Gasteiger partial charge is 0.257 e. The second-order valence-corrected chi connectivity index (χ2v) is 5.50. The summed E-state index contributed by atoms with van der Waals surface area (Å²) in [5.74, 6) is 1.56. The number of carbonyl (C=O) groups is 1. The van der Waals surface area contributed by atoms with Crippen molar-refractivity contribution in [2.24, 2.45) is 11.7 Å². The van der Waals surface area contributed by atoms with Crippen molar-refractivity contribution in [2.45, 2.75) is 25.8 Å². The summed E-state index contributed by atoms with van der Waals surface area (Å²) in [6.07, 6.45) is 6.26. The molecule has 5 heteroatoms. The molecule has 1 aromatic rings. The standard InChI is InChI=1S/C17H24N2O3/c1-3-4-12-5-8-15(16(9-12)21-2)22-11-17(20)19-10-14(18)13-6-7-13/h3-5,8-9,13-14H,6-7,10-11,18H2,1-2H3,(H,19,20)/b4-3+. The number of methoxy groups -OCH3 is 1. The van der Waals surface area contributed by atoms with Crippen LogP contribution in [0.3, 0.4) is 0 Å². The van der Waals surface area contributed by atoms with Crippen LogP contribution in [0, 0.1) is 5.92 Å². The average molecular weight is 304 g/mol. The highest BCUT2D eigenvalue weighted by atomic mass is 16.5. The molecule has 22 heavy (non-hydrogen) atoms. The largest absolute Gasteiger partial charge is 0.493 e. The summed E-state index contributed by atoms with van der Waals surface area (Å²) < 4.78 is 10.8. The SMILES string of the molecule is C/C=C/c1ccc(OCC(=O)NCC(N)C2CC2)c(OC)c1. The van der Waals surface area contributed by atoms with Gasteiger partial charge in [-0.2, -0.15) is 0 Å². The lowest BCUT2D eigenvalue weighted by Crippen LogP contribution is -2.40. The molecule has 1 fully saturated rings. The van der Waals surface area contributed by atoms with Gasteiger partial charge in [0.25, 0.3) is 5.91 Å². The number of carbonyl (C=O) groups excluding carboxylic acids is 1. The fourth-order valence-electron chi connectivity index (χ4n) is 2.22. The van der Waals surface area contributed by atoms with Crippen LogP contribution >= 0.6 is 0 Å². The first-order chi connectivity index (χ1) is 10.6. The molecule has 0 saturated heterocycles. The van der Waals surface area contributed by atoms with Crippen LogP contribution in [-0.2, 0) is 4.79 Å². The maximum absolute atomic E-state index is 11.8. The molecule has 0 aromatic heterocycles. The number of nitrogens with two attached hydrogens (primary N) is 1. The maximum atomic E-state index is 11.8. The van der Waals surface area contributed by atoms with E-state index >= 15 is 0 Å². The average Bonchev–Trinajstić information content (AvgIpc) is 3.36. The van der Waals surface area contributed by atoms with Crippen LogP contribution in [0.15, 0.2) is 24.3 Å². The molecule has 1 aromatic carbocycles. The fraction of sp³-hybridized carbons (Fsp3) is 0.471. The van der Waals surface area contributed by atoms with Crippen LogP contribution in [0.2, 0.25) is 0 Å². The predicted octanol–water partition coefficient (Wildman–Crippen LogP) is 1.96. The Balaban J connectivity index is 1.83. The molecule has 1 atom stereocenters. The van der Waals surface area contributed by atoms with Gasteiger partial charge in [0.15, 0.2) is 18.1 Å². The molecule has 2 rings (SSSR count). The molecule has 0 aliphatic heterocycles. The van der Waals surface area contributed by atoms with Gasteiger partial charge in [-0.05, 0) is 43.4 Å². The van der Waals surface area contributed by atoms with Gasteiger partial charge < -0.3 is 20.5 Å². The Morgan fingerprint density at radius 2 is 2.23 bits per heavy atom.